The molecule has 1 aromatic rings. The quantitative estimate of drug-likeness (QED) is 0.725. The van der Waals surface area contributed by atoms with E-state index in [0.717, 1.165) is 0 Å². The van der Waals surface area contributed by atoms with Crippen LogP contribution in [-0.4, -0.2) is 25.5 Å². The van der Waals surface area contributed by atoms with E-state index in [2.05, 4.69) is 5.32 Å². The number of likely N-dealkylation sites (N-methyl/N-ethyl adjacent to an activating group) is 1. The first-order valence-corrected chi connectivity index (χ1v) is 4.36. The Morgan fingerprint density at radius 1 is 1.47 bits per heavy atom. The number of benzene rings is 1. The van der Waals surface area contributed by atoms with Gasteiger partial charge in [-0.05, 0) is 18.2 Å². The summed E-state index contributed by atoms with van der Waals surface area (Å²) in [6.45, 7) is -0.0846. The Kier molecular flexibility index (Phi) is 3.68. The number of nitrogens with two attached hydrogens (primary N) is 1. The van der Waals surface area contributed by atoms with Gasteiger partial charge in [-0.25, -0.2) is 0 Å². The highest BCUT2D eigenvalue weighted by Gasteiger charge is 2.03. The second kappa shape index (κ2) is 4.99. The SMILES string of the molecule is CNC(=O)COc1cccc(C(N)=O)c1. The summed E-state index contributed by atoms with van der Waals surface area (Å²) in [4.78, 5) is 21.7. The van der Waals surface area contributed by atoms with Crippen molar-refractivity contribution in [3.63, 3.8) is 0 Å². The van der Waals surface area contributed by atoms with Gasteiger partial charge in [0.2, 0.25) is 5.91 Å². The van der Waals surface area contributed by atoms with Gasteiger partial charge in [0.25, 0.3) is 5.91 Å². The third-order valence-corrected chi connectivity index (χ3v) is 1.77. The minimum absolute atomic E-state index is 0.0846. The van der Waals surface area contributed by atoms with Gasteiger partial charge in [-0.1, -0.05) is 6.07 Å². The number of hydrogen-bond acceptors (Lipinski definition) is 3. The molecule has 2 amide bonds. The Labute approximate surface area is 87.2 Å². The molecule has 0 atom stereocenters. The van der Waals surface area contributed by atoms with Crippen LogP contribution >= 0.6 is 0 Å². The molecule has 1 rings (SSSR count). The number of carbonyl (C=O) groups excluding carboxylic acids is 2. The molecule has 1 aromatic carbocycles. The average molecular weight is 208 g/mol. The minimum atomic E-state index is -0.527. The zero-order valence-corrected chi connectivity index (χ0v) is 8.32. The molecule has 0 heterocycles. The molecular formula is C10H12N2O3. The molecule has 0 unspecified atom stereocenters. The van der Waals surface area contributed by atoms with E-state index in [-0.39, 0.29) is 12.5 Å². The van der Waals surface area contributed by atoms with Gasteiger partial charge in [0.1, 0.15) is 5.75 Å². The van der Waals surface area contributed by atoms with Crippen LogP contribution in [-0.2, 0) is 4.79 Å². The van der Waals surface area contributed by atoms with Crippen LogP contribution in [0.5, 0.6) is 5.75 Å². The van der Waals surface area contributed by atoms with Crippen LogP contribution in [0, 0.1) is 0 Å². The van der Waals surface area contributed by atoms with Gasteiger partial charge in [0.15, 0.2) is 6.61 Å². The summed E-state index contributed by atoms with van der Waals surface area (Å²) < 4.78 is 5.13. The van der Waals surface area contributed by atoms with Crippen LogP contribution in [0.2, 0.25) is 0 Å². The number of ether oxygens (including phenoxy) is 1. The normalized spacial score (nSPS) is 9.40. The van der Waals surface area contributed by atoms with Gasteiger partial charge in [-0.15, -0.1) is 0 Å². The van der Waals surface area contributed by atoms with Crippen molar-refractivity contribution in [1.29, 1.82) is 0 Å². The van der Waals surface area contributed by atoms with E-state index < -0.39 is 5.91 Å². The predicted octanol–water partition coefficient (Wildman–Crippen LogP) is -0.0897. The summed E-state index contributed by atoms with van der Waals surface area (Å²) in [5, 5.41) is 2.42. The monoisotopic (exact) mass is 208 g/mol. The summed E-state index contributed by atoms with van der Waals surface area (Å²) in [5.74, 6) is -0.324. The third kappa shape index (κ3) is 3.30. The fourth-order valence-electron chi connectivity index (χ4n) is 0.960. The molecule has 0 aliphatic heterocycles. The van der Waals surface area contributed by atoms with Crippen LogP contribution in [0.3, 0.4) is 0 Å². The summed E-state index contributed by atoms with van der Waals surface area (Å²) in [7, 11) is 1.52. The molecule has 0 saturated carbocycles. The molecule has 0 bridgehead atoms. The Balaban J connectivity index is 2.66. The summed E-state index contributed by atoms with van der Waals surface area (Å²) >= 11 is 0. The van der Waals surface area contributed by atoms with Gasteiger partial charge >= 0.3 is 0 Å². The molecule has 5 nitrogen and oxygen atoms in total. The Morgan fingerprint density at radius 3 is 2.80 bits per heavy atom. The first-order valence-electron chi connectivity index (χ1n) is 4.36. The van der Waals surface area contributed by atoms with E-state index in [1.165, 1.54) is 13.1 Å². The molecule has 0 aliphatic carbocycles. The number of amides is 2. The van der Waals surface area contributed by atoms with Crippen LogP contribution in [0.25, 0.3) is 0 Å². The molecule has 0 radical (unpaired) electrons. The fraction of sp³-hybridized carbons (Fsp3) is 0.200. The topological polar surface area (TPSA) is 81.4 Å². The van der Waals surface area contributed by atoms with Crippen molar-refractivity contribution in [3.8, 4) is 5.75 Å². The van der Waals surface area contributed by atoms with E-state index in [4.69, 9.17) is 10.5 Å². The van der Waals surface area contributed by atoms with Gasteiger partial charge in [-0.3, -0.25) is 9.59 Å². The van der Waals surface area contributed by atoms with Crippen molar-refractivity contribution in [3.05, 3.63) is 29.8 Å². The van der Waals surface area contributed by atoms with Crippen molar-refractivity contribution in [2.24, 2.45) is 5.73 Å². The standard InChI is InChI=1S/C10H12N2O3/c1-12-9(13)6-15-8-4-2-3-7(5-8)10(11)14/h2-5H,6H2,1H3,(H2,11,14)(H,12,13). The molecule has 0 fully saturated rings. The number of rotatable bonds is 4. The van der Waals surface area contributed by atoms with E-state index in [0.29, 0.717) is 11.3 Å². The summed E-state index contributed by atoms with van der Waals surface area (Å²) in [6.07, 6.45) is 0. The van der Waals surface area contributed by atoms with E-state index >= 15 is 0 Å². The number of nitrogens with one attached hydrogen (secondary N) is 1. The lowest BCUT2D eigenvalue weighted by molar-refractivity contribution is -0.122. The molecule has 5 heteroatoms. The lowest BCUT2D eigenvalue weighted by atomic mass is 10.2. The maximum Gasteiger partial charge on any atom is 0.257 e. The minimum Gasteiger partial charge on any atom is -0.484 e. The molecular weight excluding hydrogens is 196 g/mol. The van der Waals surface area contributed by atoms with Crippen molar-refractivity contribution >= 4 is 11.8 Å². The second-order valence-electron chi connectivity index (χ2n) is 2.85. The predicted molar refractivity (Wildman–Crippen MR) is 54.5 cm³/mol. The first kappa shape index (κ1) is 11.0. The van der Waals surface area contributed by atoms with Gasteiger partial charge in [0.05, 0.1) is 0 Å². The summed E-state index contributed by atoms with van der Waals surface area (Å²) in [6, 6.07) is 6.36. The van der Waals surface area contributed by atoms with Gasteiger partial charge < -0.3 is 15.8 Å². The molecule has 3 N–H and O–H groups in total. The maximum atomic E-state index is 10.9. The maximum absolute atomic E-state index is 10.9. The summed E-state index contributed by atoms with van der Waals surface area (Å²) in [5.41, 5.74) is 5.44. The van der Waals surface area contributed by atoms with Crippen molar-refractivity contribution in [2.75, 3.05) is 13.7 Å². The van der Waals surface area contributed by atoms with Crippen LogP contribution in [0.15, 0.2) is 24.3 Å². The van der Waals surface area contributed by atoms with Crippen LogP contribution < -0.4 is 15.8 Å². The molecule has 0 aromatic heterocycles. The highest BCUT2D eigenvalue weighted by atomic mass is 16.5. The largest absolute Gasteiger partial charge is 0.484 e. The third-order valence-electron chi connectivity index (χ3n) is 1.77. The Hall–Kier alpha value is -2.04. The van der Waals surface area contributed by atoms with Gasteiger partial charge in [0, 0.05) is 12.6 Å². The number of hydrogen-bond donors (Lipinski definition) is 2. The van der Waals surface area contributed by atoms with Crippen LogP contribution in [0.1, 0.15) is 10.4 Å². The lowest BCUT2D eigenvalue weighted by Crippen LogP contribution is -2.24. The van der Waals surface area contributed by atoms with Crippen molar-refractivity contribution in [1.82, 2.24) is 5.32 Å². The highest BCUT2D eigenvalue weighted by Crippen LogP contribution is 2.12. The van der Waals surface area contributed by atoms with E-state index in [1.54, 1.807) is 18.2 Å². The molecule has 15 heavy (non-hydrogen) atoms. The Bertz CT molecular complexity index is 377. The van der Waals surface area contributed by atoms with E-state index in [1.807, 2.05) is 0 Å². The molecule has 0 spiro atoms. The Morgan fingerprint density at radius 2 is 2.20 bits per heavy atom. The highest BCUT2D eigenvalue weighted by molar-refractivity contribution is 5.93. The fourth-order valence-corrected chi connectivity index (χ4v) is 0.960. The van der Waals surface area contributed by atoms with Crippen molar-refractivity contribution < 1.29 is 14.3 Å². The molecule has 0 aliphatic rings. The van der Waals surface area contributed by atoms with Gasteiger partial charge in [-0.2, -0.15) is 0 Å². The first-order chi connectivity index (χ1) is 7.13. The van der Waals surface area contributed by atoms with Crippen molar-refractivity contribution in [2.45, 2.75) is 0 Å². The zero-order valence-electron chi connectivity index (χ0n) is 8.32. The average Bonchev–Trinajstić information content (AvgIpc) is 2.26. The van der Waals surface area contributed by atoms with E-state index in [9.17, 15) is 9.59 Å². The number of carbonyl (C=O) groups is 2. The second-order valence-corrected chi connectivity index (χ2v) is 2.85. The molecule has 0 saturated heterocycles. The zero-order chi connectivity index (χ0) is 11.3. The lowest BCUT2D eigenvalue weighted by Gasteiger charge is -2.05. The van der Waals surface area contributed by atoms with Crippen LogP contribution in [0.4, 0.5) is 0 Å². The molecule has 80 valence electrons. The smallest absolute Gasteiger partial charge is 0.257 e. The number of primary amides is 1.